The maximum atomic E-state index is 12.2. The van der Waals surface area contributed by atoms with Gasteiger partial charge in [-0.05, 0) is 55.0 Å². The van der Waals surface area contributed by atoms with Crippen molar-refractivity contribution >= 4 is 29.4 Å². The van der Waals surface area contributed by atoms with Crippen molar-refractivity contribution in [3.63, 3.8) is 0 Å². The summed E-state index contributed by atoms with van der Waals surface area (Å²) < 4.78 is 10.4. The molecule has 1 amide bonds. The molecule has 0 saturated carbocycles. The van der Waals surface area contributed by atoms with Gasteiger partial charge in [-0.15, -0.1) is 11.8 Å². The van der Waals surface area contributed by atoms with Crippen LogP contribution in [0.25, 0.3) is 0 Å². The van der Waals surface area contributed by atoms with Gasteiger partial charge in [0.05, 0.1) is 25.7 Å². The first kappa shape index (κ1) is 21.3. The number of carbonyl (C=O) groups is 2. The minimum atomic E-state index is -0.862. The molecule has 0 radical (unpaired) electrons. The predicted octanol–water partition coefficient (Wildman–Crippen LogP) is 3.18. The number of hydrogen-bond acceptors (Lipinski definition) is 6. The van der Waals surface area contributed by atoms with E-state index in [0.29, 0.717) is 28.5 Å². The van der Waals surface area contributed by atoms with Crippen molar-refractivity contribution in [3.8, 4) is 11.5 Å². The number of amides is 1. The molecular formula is C20H22N2O5S. The summed E-state index contributed by atoms with van der Waals surface area (Å²) in [6.45, 7) is 1.78. The molecule has 0 spiro atoms. The van der Waals surface area contributed by atoms with E-state index in [4.69, 9.17) is 14.6 Å². The Morgan fingerprint density at radius 2 is 1.75 bits per heavy atom. The van der Waals surface area contributed by atoms with Gasteiger partial charge < -0.3 is 14.6 Å². The molecule has 28 heavy (non-hydrogen) atoms. The van der Waals surface area contributed by atoms with E-state index in [2.05, 4.69) is 10.5 Å². The molecule has 2 N–H and O–H groups in total. The van der Waals surface area contributed by atoms with Crippen molar-refractivity contribution in [2.75, 3.05) is 20.0 Å². The quantitative estimate of drug-likeness (QED) is 0.494. The lowest BCUT2D eigenvalue weighted by Crippen LogP contribution is -2.19. The fourth-order valence-corrected chi connectivity index (χ4v) is 3.09. The monoisotopic (exact) mass is 402 g/mol. The molecule has 2 aromatic carbocycles. The number of nitrogens with zero attached hydrogens (tertiary/aromatic N) is 1. The maximum absolute atomic E-state index is 12.2. The number of nitrogens with one attached hydrogen (secondary N) is 1. The molecule has 8 heteroatoms. The SMILES string of the molecule is COc1ccc(C(=O)N/N=C(/C)c2ccc(OC)c(CSCC(=O)O)c2)cc1. The van der Waals surface area contributed by atoms with E-state index in [0.717, 1.165) is 11.1 Å². The smallest absolute Gasteiger partial charge is 0.313 e. The largest absolute Gasteiger partial charge is 0.497 e. The van der Waals surface area contributed by atoms with E-state index < -0.39 is 5.97 Å². The van der Waals surface area contributed by atoms with Crippen LogP contribution in [0.5, 0.6) is 11.5 Å². The summed E-state index contributed by atoms with van der Waals surface area (Å²) in [4.78, 5) is 22.9. The zero-order valence-corrected chi connectivity index (χ0v) is 16.7. The standard InChI is InChI=1S/C20H22N2O5S/c1-13(21-22-20(25)14-4-7-17(26-2)8-5-14)15-6-9-18(27-3)16(10-15)11-28-12-19(23)24/h4-10H,11-12H2,1-3H3,(H,22,25)(H,23,24)/b21-13-. The van der Waals surface area contributed by atoms with Gasteiger partial charge in [-0.1, -0.05) is 0 Å². The molecule has 0 unspecified atom stereocenters. The van der Waals surface area contributed by atoms with Crippen LogP contribution >= 0.6 is 11.8 Å². The molecule has 0 aromatic heterocycles. The number of ether oxygens (including phenoxy) is 2. The van der Waals surface area contributed by atoms with E-state index in [1.807, 2.05) is 12.1 Å². The Kier molecular flexibility index (Phi) is 7.88. The van der Waals surface area contributed by atoms with E-state index in [9.17, 15) is 9.59 Å². The summed E-state index contributed by atoms with van der Waals surface area (Å²) in [5.41, 5.74) is 5.29. The van der Waals surface area contributed by atoms with Crippen LogP contribution in [0.15, 0.2) is 47.6 Å². The van der Waals surface area contributed by atoms with Crippen LogP contribution < -0.4 is 14.9 Å². The van der Waals surface area contributed by atoms with Crippen LogP contribution in [0.3, 0.4) is 0 Å². The number of rotatable bonds is 9. The highest BCUT2D eigenvalue weighted by Gasteiger charge is 2.09. The molecule has 148 valence electrons. The van der Waals surface area contributed by atoms with Crippen molar-refractivity contribution in [1.82, 2.24) is 5.43 Å². The fraction of sp³-hybridized carbons (Fsp3) is 0.250. The summed E-state index contributed by atoms with van der Waals surface area (Å²) in [6.07, 6.45) is 0. The predicted molar refractivity (Wildman–Crippen MR) is 109 cm³/mol. The Hall–Kier alpha value is -3.00. The number of carbonyl (C=O) groups excluding carboxylic acids is 1. The fourth-order valence-electron chi connectivity index (χ4n) is 2.37. The number of thioether (sulfide) groups is 1. The van der Waals surface area contributed by atoms with Crippen LogP contribution in [0.4, 0.5) is 0 Å². The molecule has 2 rings (SSSR count). The van der Waals surface area contributed by atoms with Gasteiger partial charge in [-0.25, -0.2) is 5.43 Å². The number of carboxylic acid groups (broad SMARTS) is 1. The number of aliphatic carboxylic acids is 1. The van der Waals surface area contributed by atoms with Gasteiger partial charge in [0.15, 0.2) is 0 Å². The summed E-state index contributed by atoms with van der Waals surface area (Å²) in [5, 5.41) is 13.0. The van der Waals surface area contributed by atoms with E-state index >= 15 is 0 Å². The van der Waals surface area contributed by atoms with Gasteiger partial charge in [-0.3, -0.25) is 9.59 Å². The van der Waals surface area contributed by atoms with Crippen LogP contribution in [-0.4, -0.2) is 42.7 Å². The summed E-state index contributed by atoms with van der Waals surface area (Å²) >= 11 is 1.28. The lowest BCUT2D eigenvalue weighted by Gasteiger charge is -2.10. The minimum Gasteiger partial charge on any atom is -0.497 e. The third kappa shape index (κ3) is 6.02. The first-order valence-corrected chi connectivity index (χ1v) is 9.55. The second-order valence-electron chi connectivity index (χ2n) is 5.78. The highest BCUT2D eigenvalue weighted by molar-refractivity contribution is 7.99. The van der Waals surface area contributed by atoms with Gasteiger partial charge in [0.25, 0.3) is 5.91 Å². The molecule has 0 atom stereocenters. The highest BCUT2D eigenvalue weighted by Crippen LogP contribution is 2.25. The zero-order valence-electron chi connectivity index (χ0n) is 15.9. The van der Waals surface area contributed by atoms with Crippen LogP contribution in [0.2, 0.25) is 0 Å². The average Bonchev–Trinajstić information content (AvgIpc) is 2.71. The third-order valence-corrected chi connectivity index (χ3v) is 4.82. The number of carboxylic acids is 1. The highest BCUT2D eigenvalue weighted by atomic mass is 32.2. The summed E-state index contributed by atoms with van der Waals surface area (Å²) in [7, 11) is 3.13. The van der Waals surface area contributed by atoms with Gasteiger partial charge >= 0.3 is 5.97 Å². The van der Waals surface area contributed by atoms with Gasteiger partial charge in [0.1, 0.15) is 11.5 Å². The Morgan fingerprint density at radius 3 is 2.36 bits per heavy atom. The lowest BCUT2D eigenvalue weighted by molar-refractivity contribution is -0.133. The second-order valence-corrected chi connectivity index (χ2v) is 6.77. The molecule has 0 saturated heterocycles. The minimum absolute atomic E-state index is 0.0123. The van der Waals surface area contributed by atoms with Crippen LogP contribution in [0.1, 0.15) is 28.4 Å². The number of hydrogen-bond donors (Lipinski definition) is 2. The Bertz CT molecular complexity index is 865. The Balaban J connectivity index is 2.09. The molecule has 0 aliphatic carbocycles. The van der Waals surface area contributed by atoms with E-state index in [1.54, 1.807) is 51.5 Å². The topological polar surface area (TPSA) is 97.2 Å². The molecule has 2 aromatic rings. The summed E-state index contributed by atoms with van der Waals surface area (Å²) in [5.74, 6) is 0.666. The van der Waals surface area contributed by atoms with Crippen LogP contribution in [-0.2, 0) is 10.5 Å². The van der Waals surface area contributed by atoms with Crippen molar-refractivity contribution in [1.29, 1.82) is 0 Å². The number of hydrazone groups is 1. The van der Waals surface area contributed by atoms with Crippen molar-refractivity contribution in [3.05, 3.63) is 59.2 Å². The first-order chi connectivity index (χ1) is 13.4. The molecular weight excluding hydrogens is 380 g/mol. The van der Waals surface area contributed by atoms with Crippen molar-refractivity contribution in [2.45, 2.75) is 12.7 Å². The van der Waals surface area contributed by atoms with Gasteiger partial charge in [0, 0.05) is 16.9 Å². The maximum Gasteiger partial charge on any atom is 0.313 e. The van der Waals surface area contributed by atoms with Crippen LogP contribution in [0, 0.1) is 0 Å². The number of methoxy groups -OCH3 is 2. The molecule has 0 heterocycles. The summed E-state index contributed by atoms with van der Waals surface area (Å²) in [6, 6.07) is 12.2. The van der Waals surface area contributed by atoms with Crippen molar-refractivity contribution < 1.29 is 24.2 Å². The third-order valence-electron chi connectivity index (χ3n) is 3.86. The second kappa shape index (κ2) is 10.4. The molecule has 0 bridgehead atoms. The lowest BCUT2D eigenvalue weighted by atomic mass is 10.1. The van der Waals surface area contributed by atoms with Gasteiger partial charge in [-0.2, -0.15) is 5.10 Å². The average molecular weight is 402 g/mol. The first-order valence-electron chi connectivity index (χ1n) is 8.40. The van der Waals surface area contributed by atoms with Crippen molar-refractivity contribution in [2.24, 2.45) is 5.10 Å². The molecule has 0 aliphatic heterocycles. The molecule has 0 fully saturated rings. The van der Waals surface area contributed by atoms with E-state index in [1.165, 1.54) is 11.8 Å². The van der Waals surface area contributed by atoms with E-state index in [-0.39, 0.29) is 11.7 Å². The number of benzene rings is 2. The molecule has 7 nitrogen and oxygen atoms in total. The molecule has 0 aliphatic rings. The zero-order chi connectivity index (χ0) is 20.5. The Labute approximate surface area is 167 Å². The van der Waals surface area contributed by atoms with Gasteiger partial charge in [0.2, 0.25) is 0 Å². The Morgan fingerprint density at radius 1 is 1.07 bits per heavy atom. The normalized spacial score (nSPS) is 11.0.